The third kappa shape index (κ3) is 6.05. The van der Waals surface area contributed by atoms with Crippen LogP contribution >= 0.6 is 35.4 Å². The third-order valence-electron chi connectivity index (χ3n) is 4.20. The van der Waals surface area contributed by atoms with Gasteiger partial charge in [-0.1, -0.05) is 30.1 Å². The molecule has 1 fully saturated rings. The lowest BCUT2D eigenvalue weighted by Gasteiger charge is -2.36. The van der Waals surface area contributed by atoms with E-state index in [1.54, 1.807) is 6.92 Å². The monoisotopic (exact) mass is 445 g/mol. The minimum Gasteiger partial charge on any atom is -0.463 e. The molecule has 0 saturated carbocycles. The van der Waals surface area contributed by atoms with Gasteiger partial charge in [-0.3, -0.25) is 19.7 Å². The first-order chi connectivity index (χ1) is 13.2. The van der Waals surface area contributed by atoms with Crippen LogP contribution in [0, 0.1) is 0 Å². The second kappa shape index (κ2) is 10.0. The summed E-state index contributed by atoms with van der Waals surface area (Å²) >= 11 is 17.1. The van der Waals surface area contributed by atoms with E-state index in [-0.39, 0.29) is 29.1 Å². The largest absolute Gasteiger partial charge is 0.463 e. The van der Waals surface area contributed by atoms with Gasteiger partial charge in [0.15, 0.2) is 5.11 Å². The van der Waals surface area contributed by atoms with Gasteiger partial charge in [0.1, 0.15) is 6.04 Å². The molecule has 2 unspecified atom stereocenters. The Morgan fingerprint density at radius 1 is 1.36 bits per heavy atom. The Hall–Kier alpha value is -1.90. The number of rotatable bonds is 5. The van der Waals surface area contributed by atoms with Crippen LogP contribution in [-0.4, -0.2) is 53.0 Å². The average molecular weight is 446 g/mol. The van der Waals surface area contributed by atoms with E-state index in [0.29, 0.717) is 29.6 Å². The summed E-state index contributed by atoms with van der Waals surface area (Å²) in [4.78, 5) is 38.4. The summed E-state index contributed by atoms with van der Waals surface area (Å²) in [6.07, 6.45) is 0.255. The van der Waals surface area contributed by atoms with Crippen LogP contribution < -0.4 is 10.6 Å². The fourth-order valence-electron chi connectivity index (χ4n) is 2.60. The summed E-state index contributed by atoms with van der Waals surface area (Å²) < 4.78 is 5.25. The predicted molar refractivity (Wildman–Crippen MR) is 110 cm³/mol. The molecule has 1 heterocycles. The van der Waals surface area contributed by atoms with Crippen molar-refractivity contribution in [2.75, 3.05) is 13.1 Å². The maximum atomic E-state index is 12.5. The number of hydrogen-bond donors (Lipinski definition) is 2. The van der Waals surface area contributed by atoms with Crippen LogP contribution in [0.3, 0.4) is 0 Å². The first-order valence-electron chi connectivity index (χ1n) is 8.76. The number of benzene rings is 1. The number of ether oxygens (including phenoxy) is 1. The number of thiocarbonyl (C=S) groups is 1. The minimum atomic E-state index is -0.860. The van der Waals surface area contributed by atoms with Gasteiger partial charge in [-0.2, -0.15) is 0 Å². The molecule has 1 aromatic carbocycles. The van der Waals surface area contributed by atoms with Gasteiger partial charge in [0.25, 0.3) is 5.91 Å². The zero-order valence-corrected chi connectivity index (χ0v) is 17.8. The number of nitrogens with one attached hydrogen (secondary N) is 2. The fraction of sp³-hybridized carbons (Fsp3) is 0.444. The Morgan fingerprint density at radius 3 is 2.61 bits per heavy atom. The summed E-state index contributed by atoms with van der Waals surface area (Å²) in [6.45, 7) is 4.36. The van der Waals surface area contributed by atoms with Crippen molar-refractivity contribution in [3.63, 3.8) is 0 Å². The quantitative estimate of drug-likeness (QED) is 0.534. The average Bonchev–Trinajstić information content (AvgIpc) is 2.62. The minimum absolute atomic E-state index is 0.0392. The molecule has 2 atom stereocenters. The summed E-state index contributed by atoms with van der Waals surface area (Å²) in [6, 6.07) is 3.55. The predicted octanol–water partition coefficient (Wildman–Crippen LogP) is 2.54. The zero-order chi connectivity index (χ0) is 20.8. The van der Waals surface area contributed by atoms with Crippen molar-refractivity contribution < 1.29 is 19.1 Å². The standard InChI is InChI=1S/C18H21Cl2N3O4S/c1-3-10(2)27-15(24)9-14-17(26)21-4-5-23(14)18(28)22-16(25)11-6-12(19)8-13(20)7-11/h6-8,10,14H,3-5,9H2,1-2H3,(H,21,26)(H,22,25,28). The summed E-state index contributed by atoms with van der Waals surface area (Å²) in [5.41, 5.74) is 0.231. The number of hydrogen-bond acceptors (Lipinski definition) is 5. The van der Waals surface area contributed by atoms with Crippen LogP contribution in [-0.2, 0) is 14.3 Å². The highest BCUT2D eigenvalue weighted by atomic mass is 35.5. The highest BCUT2D eigenvalue weighted by Gasteiger charge is 2.34. The van der Waals surface area contributed by atoms with Crippen LogP contribution in [0.1, 0.15) is 37.0 Å². The van der Waals surface area contributed by atoms with Gasteiger partial charge in [0.2, 0.25) is 5.91 Å². The molecule has 28 heavy (non-hydrogen) atoms. The molecule has 2 rings (SSSR count). The molecule has 0 aromatic heterocycles. The summed E-state index contributed by atoms with van der Waals surface area (Å²) in [5.74, 6) is -1.37. The Balaban J connectivity index is 2.08. The van der Waals surface area contributed by atoms with Crippen molar-refractivity contribution in [2.45, 2.75) is 38.8 Å². The number of esters is 1. The Labute approximate surface area is 178 Å². The van der Waals surface area contributed by atoms with Gasteiger partial charge in [-0.25, -0.2) is 0 Å². The van der Waals surface area contributed by atoms with Crippen molar-refractivity contribution in [3.05, 3.63) is 33.8 Å². The SMILES string of the molecule is CCC(C)OC(=O)CC1C(=O)NCCN1C(=S)NC(=O)c1cc(Cl)cc(Cl)c1. The number of amides is 2. The topological polar surface area (TPSA) is 87.7 Å². The van der Waals surface area contributed by atoms with E-state index in [0.717, 1.165) is 0 Å². The normalized spacial score (nSPS) is 17.5. The number of halogens is 2. The van der Waals surface area contributed by atoms with Crippen molar-refractivity contribution in [3.8, 4) is 0 Å². The molecule has 152 valence electrons. The second-order valence-corrected chi connectivity index (χ2v) is 7.59. The molecule has 10 heteroatoms. The first-order valence-corrected chi connectivity index (χ1v) is 9.93. The van der Waals surface area contributed by atoms with Gasteiger partial charge in [0, 0.05) is 28.7 Å². The van der Waals surface area contributed by atoms with E-state index in [4.69, 9.17) is 40.2 Å². The molecule has 1 aliphatic rings. The molecule has 1 saturated heterocycles. The van der Waals surface area contributed by atoms with Crippen LogP contribution in [0.25, 0.3) is 0 Å². The van der Waals surface area contributed by atoms with Crippen LogP contribution in [0.5, 0.6) is 0 Å². The number of piperazine rings is 1. The van der Waals surface area contributed by atoms with Crippen LogP contribution in [0.15, 0.2) is 18.2 Å². The molecule has 2 amide bonds. The van der Waals surface area contributed by atoms with Crippen LogP contribution in [0.4, 0.5) is 0 Å². The van der Waals surface area contributed by atoms with E-state index in [1.807, 2.05) is 6.92 Å². The third-order valence-corrected chi connectivity index (χ3v) is 4.98. The van der Waals surface area contributed by atoms with Crippen molar-refractivity contribution in [2.24, 2.45) is 0 Å². The lowest BCUT2D eigenvalue weighted by molar-refractivity contribution is -0.151. The molecule has 0 spiro atoms. The van der Waals surface area contributed by atoms with Gasteiger partial charge < -0.3 is 15.0 Å². The molecule has 0 aliphatic carbocycles. The second-order valence-electron chi connectivity index (χ2n) is 6.33. The van der Waals surface area contributed by atoms with Gasteiger partial charge in [-0.15, -0.1) is 0 Å². The molecule has 0 bridgehead atoms. The van der Waals surface area contributed by atoms with Gasteiger partial charge in [0.05, 0.1) is 12.5 Å². The summed E-state index contributed by atoms with van der Waals surface area (Å²) in [7, 11) is 0. The molecular formula is C18H21Cl2N3O4S. The molecule has 0 radical (unpaired) electrons. The molecule has 7 nitrogen and oxygen atoms in total. The highest BCUT2D eigenvalue weighted by Crippen LogP contribution is 2.19. The lowest BCUT2D eigenvalue weighted by atomic mass is 10.1. The van der Waals surface area contributed by atoms with E-state index in [9.17, 15) is 14.4 Å². The molecule has 1 aliphatic heterocycles. The molecular weight excluding hydrogens is 425 g/mol. The van der Waals surface area contributed by atoms with Crippen LogP contribution in [0.2, 0.25) is 10.0 Å². The van der Waals surface area contributed by atoms with E-state index < -0.39 is 17.9 Å². The lowest BCUT2D eigenvalue weighted by Crippen LogP contribution is -2.60. The fourth-order valence-corrected chi connectivity index (χ4v) is 3.44. The zero-order valence-electron chi connectivity index (χ0n) is 15.5. The highest BCUT2D eigenvalue weighted by molar-refractivity contribution is 7.80. The number of carbonyl (C=O) groups is 3. The van der Waals surface area contributed by atoms with Crippen molar-refractivity contribution in [1.82, 2.24) is 15.5 Å². The summed E-state index contributed by atoms with van der Waals surface area (Å²) in [5, 5.41) is 5.92. The van der Waals surface area contributed by atoms with E-state index in [2.05, 4.69) is 10.6 Å². The van der Waals surface area contributed by atoms with Gasteiger partial charge >= 0.3 is 5.97 Å². The Bertz CT molecular complexity index is 770. The molecule has 1 aromatic rings. The van der Waals surface area contributed by atoms with Gasteiger partial charge in [-0.05, 0) is 43.8 Å². The van der Waals surface area contributed by atoms with Crippen molar-refractivity contribution in [1.29, 1.82) is 0 Å². The maximum Gasteiger partial charge on any atom is 0.308 e. The van der Waals surface area contributed by atoms with Crippen molar-refractivity contribution >= 4 is 58.3 Å². The maximum absolute atomic E-state index is 12.5. The smallest absolute Gasteiger partial charge is 0.308 e. The van der Waals surface area contributed by atoms with E-state index >= 15 is 0 Å². The first kappa shape index (κ1) is 22.4. The Kier molecular flexibility index (Phi) is 8.03. The Morgan fingerprint density at radius 2 is 2.00 bits per heavy atom. The molecule has 2 N–H and O–H groups in total. The van der Waals surface area contributed by atoms with E-state index in [1.165, 1.54) is 23.1 Å². The number of carbonyl (C=O) groups excluding carboxylic acids is 3. The number of nitrogens with zero attached hydrogens (tertiary/aromatic N) is 1.